The van der Waals surface area contributed by atoms with Crippen molar-refractivity contribution in [2.75, 3.05) is 19.0 Å². The quantitative estimate of drug-likeness (QED) is 0.358. The van der Waals surface area contributed by atoms with Crippen molar-refractivity contribution in [3.63, 3.8) is 0 Å². The Bertz CT molecular complexity index is 1020. The molecule has 0 saturated heterocycles. The summed E-state index contributed by atoms with van der Waals surface area (Å²) in [6.45, 7) is 7.88. The third-order valence-corrected chi connectivity index (χ3v) is 7.00. The molecule has 3 N–H and O–H groups in total. The molecule has 0 bridgehead atoms. The number of carbonyl (C=O) groups excluding carboxylic acids is 1. The number of rotatable bonds is 9. The van der Waals surface area contributed by atoms with Crippen molar-refractivity contribution in [1.29, 1.82) is 0 Å². The molecule has 1 fully saturated rings. The number of alkyl halides is 1. The molecule has 0 radical (unpaired) electrons. The second kappa shape index (κ2) is 9.92. The van der Waals surface area contributed by atoms with Gasteiger partial charge in [0.2, 0.25) is 0 Å². The number of aromatic nitrogens is 4. The molecule has 3 rings (SSSR count). The van der Waals surface area contributed by atoms with E-state index in [4.69, 9.17) is 9.26 Å². The zero-order valence-corrected chi connectivity index (χ0v) is 20.4. The van der Waals surface area contributed by atoms with Gasteiger partial charge in [0, 0.05) is 13.0 Å². The molecule has 1 aliphatic rings. The molecular weight excluding hydrogens is 454 g/mol. The number of imidazole rings is 1. The first kappa shape index (κ1) is 25.4. The number of nitrogens with zero attached hydrogens (tertiary/aromatic N) is 4. The number of fused-ring (bicyclic) bond motifs is 1. The predicted octanol–water partition coefficient (Wildman–Crippen LogP) is 2.37. The summed E-state index contributed by atoms with van der Waals surface area (Å²) < 4.78 is 40.2. The van der Waals surface area contributed by atoms with Crippen LogP contribution < -0.4 is 10.4 Å². The molecule has 7 atom stereocenters. The number of anilines is 1. The normalized spacial score (nSPS) is 28.8. The number of ether oxygens (including phenoxy) is 1. The number of carbonyl (C=O) groups is 1. The van der Waals surface area contributed by atoms with Crippen LogP contribution in [-0.4, -0.2) is 68.2 Å². The molecule has 11 nitrogen and oxygen atoms in total. The second-order valence-electron chi connectivity index (χ2n) is 8.75. The third kappa shape index (κ3) is 4.98. The summed E-state index contributed by atoms with van der Waals surface area (Å²) in [4.78, 5) is 24.6. The van der Waals surface area contributed by atoms with Gasteiger partial charge < -0.3 is 19.7 Å². The zero-order chi connectivity index (χ0) is 24.5. The molecule has 2 heterocycles. The minimum Gasteiger partial charge on any atom is -0.462 e. The molecular formula is C20H31FN6O5P+. The Hall–Kier alpha value is -2.27. The van der Waals surface area contributed by atoms with E-state index < -0.39 is 49.8 Å². The number of nitrogens with one attached hydrogen (secondary N) is 2. The SMILES string of the molecule is CNc1ncnc2c1ncn2[C@@H]1C(C)C(CO[P+](=O)N[C@@H](C)C(=O)OC(C)C)[C@@H](O)[C@@]1(C)F. The number of hydrogen-bond donors (Lipinski definition) is 3. The average molecular weight is 485 g/mol. The van der Waals surface area contributed by atoms with Crippen LogP contribution >= 0.6 is 8.18 Å². The van der Waals surface area contributed by atoms with Gasteiger partial charge in [-0.3, -0.25) is 4.79 Å². The molecule has 0 aliphatic heterocycles. The smallest absolute Gasteiger partial charge is 0.462 e. The maximum atomic E-state index is 15.8. The largest absolute Gasteiger partial charge is 0.613 e. The number of hydrogen-bond acceptors (Lipinski definition) is 9. The fourth-order valence-electron chi connectivity index (χ4n) is 4.37. The molecule has 13 heteroatoms. The molecule has 1 aliphatic carbocycles. The van der Waals surface area contributed by atoms with Gasteiger partial charge in [0.15, 0.2) is 17.1 Å². The lowest BCUT2D eigenvalue weighted by atomic mass is 9.95. The first-order valence-electron chi connectivity index (χ1n) is 10.8. The van der Waals surface area contributed by atoms with E-state index in [1.165, 1.54) is 26.5 Å². The van der Waals surface area contributed by atoms with Gasteiger partial charge >= 0.3 is 14.1 Å². The molecule has 33 heavy (non-hydrogen) atoms. The molecule has 0 spiro atoms. The number of esters is 1. The first-order valence-corrected chi connectivity index (χ1v) is 12.0. The zero-order valence-electron chi connectivity index (χ0n) is 19.5. The van der Waals surface area contributed by atoms with Gasteiger partial charge in [0.25, 0.3) is 0 Å². The lowest BCUT2D eigenvalue weighted by Crippen LogP contribution is -2.39. The van der Waals surface area contributed by atoms with Crippen molar-refractivity contribution in [3.05, 3.63) is 12.7 Å². The fourth-order valence-corrected chi connectivity index (χ4v) is 5.18. The second-order valence-corrected chi connectivity index (χ2v) is 9.78. The van der Waals surface area contributed by atoms with Gasteiger partial charge in [0.05, 0.1) is 24.6 Å². The van der Waals surface area contributed by atoms with Crippen LogP contribution in [-0.2, 0) is 18.6 Å². The van der Waals surface area contributed by atoms with Crippen molar-refractivity contribution in [2.45, 2.75) is 64.6 Å². The summed E-state index contributed by atoms with van der Waals surface area (Å²) in [6, 6.07) is -1.64. The van der Waals surface area contributed by atoms with E-state index in [1.807, 2.05) is 0 Å². The Balaban J connectivity index is 1.73. The third-order valence-electron chi connectivity index (χ3n) is 6.02. The van der Waals surface area contributed by atoms with Gasteiger partial charge in [-0.15, -0.1) is 4.52 Å². The summed E-state index contributed by atoms with van der Waals surface area (Å²) in [5, 5.41) is 16.2. The molecule has 182 valence electrons. The van der Waals surface area contributed by atoms with Crippen LogP contribution in [0.5, 0.6) is 0 Å². The first-order chi connectivity index (χ1) is 15.5. The number of aliphatic hydroxyl groups excluding tert-OH is 1. The number of halogens is 1. The Morgan fingerprint density at radius 3 is 2.70 bits per heavy atom. The van der Waals surface area contributed by atoms with Crippen molar-refractivity contribution >= 4 is 31.1 Å². The Kier molecular flexibility index (Phi) is 7.62. The molecule has 2 aromatic heterocycles. The standard InChI is InChI=1S/C20H31FN6O5P/c1-10(2)32-19(29)12(4)26-33(30)31-7-13-11(3)15(20(5,21)16(13)28)27-9-25-14-17(22-6)23-8-24-18(14)27/h8-13,15-16,28H,7H2,1-6H3,(H,26,30)(H,22,23,24)/q+1/t11?,12-,13?,15+,16+,20-/m0/s1. The Labute approximate surface area is 192 Å². The van der Waals surface area contributed by atoms with Crippen LogP contribution in [0.3, 0.4) is 0 Å². The van der Waals surface area contributed by atoms with E-state index in [1.54, 1.807) is 32.4 Å². The molecule has 2 aromatic rings. The van der Waals surface area contributed by atoms with E-state index >= 15 is 4.39 Å². The molecule has 0 aromatic carbocycles. The predicted molar refractivity (Wildman–Crippen MR) is 119 cm³/mol. The molecule has 0 amide bonds. The van der Waals surface area contributed by atoms with Crippen LogP contribution in [0.15, 0.2) is 12.7 Å². The maximum Gasteiger partial charge on any atom is 0.613 e. The van der Waals surface area contributed by atoms with Crippen LogP contribution in [0.25, 0.3) is 11.2 Å². The summed E-state index contributed by atoms with van der Waals surface area (Å²) in [5.74, 6) is -1.12. The highest BCUT2D eigenvalue weighted by Crippen LogP contribution is 2.51. The van der Waals surface area contributed by atoms with Crippen molar-refractivity contribution in [2.24, 2.45) is 11.8 Å². The highest BCUT2D eigenvalue weighted by Gasteiger charge is 2.58. The van der Waals surface area contributed by atoms with Gasteiger partial charge in [0.1, 0.15) is 24.5 Å². The van der Waals surface area contributed by atoms with E-state index in [0.29, 0.717) is 17.0 Å². The van der Waals surface area contributed by atoms with Crippen molar-refractivity contribution in [3.8, 4) is 0 Å². The van der Waals surface area contributed by atoms with Gasteiger partial charge in [-0.05, 0) is 38.2 Å². The topological polar surface area (TPSA) is 140 Å². The fraction of sp³-hybridized carbons (Fsp3) is 0.700. The molecule has 3 unspecified atom stereocenters. The van der Waals surface area contributed by atoms with E-state index in [0.717, 1.165) is 0 Å². The lowest BCUT2D eigenvalue weighted by molar-refractivity contribution is -0.149. The lowest BCUT2D eigenvalue weighted by Gasteiger charge is -2.28. The van der Waals surface area contributed by atoms with Crippen molar-refractivity contribution < 1.29 is 28.1 Å². The minimum atomic E-state index is -2.44. The summed E-state index contributed by atoms with van der Waals surface area (Å²) in [5.41, 5.74) is -1.10. The van der Waals surface area contributed by atoms with E-state index in [2.05, 4.69) is 25.4 Å². The van der Waals surface area contributed by atoms with Gasteiger partial charge in [-0.2, -0.15) is 0 Å². The van der Waals surface area contributed by atoms with Crippen molar-refractivity contribution in [1.82, 2.24) is 24.6 Å². The van der Waals surface area contributed by atoms with Crippen LogP contribution in [0.4, 0.5) is 10.2 Å². The van der Waals surface area contributed by atoms with Crippen LogP contribution in [0, 0.1) is 11.8 Å². The van der Waals surface area contributed by atoms with Gasteiger partial charge in [-0.25, -0.2) is 19.3 Å². The summed E-state index contributed by atoms with van der Waals surface area (Å²) in [6.07, 6.45) is 1.16. The Morgan fingerprint density at radius 1 is 1.36 bits per heavy atom. The Morgan fingerprint density at radius 2 is 2.06 bits per heavy atom. The highest BCUT2D eigenvalue weighted by molar-refractivity contribution is 7.36. The van der Waals surface area contributed by atoms with Crippen LogP contribution in [0.2, 0.25) is 0 Å². The summed E-state index contributed by atoms with van der Waals surface area (Å²) in [7, 11) is -0.737. The van der Waals surface area contributed by atoms with E-state index in [-0.39, 0.29) is 12.7 Å². The molecule has 1 saturated carbocycles. The van der Waals surface area contributed by atoms with Crippen LogP contribution in [0.1, 0.15) is 40.7 Å². The highest BCUT2D eigenvalue weighted by atomic mass is 31.1. The monoisotopic (exact) mass is 485 g/mol. The number of aliphatic hydroxyl groups is 1. The summed E-state index contributed by atoms with van der Waals surface area (Å²) >= 11 is 0. The van der Waals surface area contributed by atoms with Gasteiger partial charge in [-0.1, -0.05) is 12.0 Å². The minimum absolute atomic E-state index is 0.171. The van der Waals surface area contributed by atoms with E-state index in [9.17, 15) is 14.5 Å². The average Bonchev–Trinajstić information content (AvgIpc) is 3.22. The maximum absolute atomic E-state index is 15.8.